The molecule has 0 unspecified atom stereocenters. The Morgan fingerprint density at radius 2 is 1.65 bits per heavy atom. The highest BCUT2D eigenvalue weighted by Crippen LogP contribution is 2.34. The van der Waals surface area contributed by atoms with Crippen molar-refractivity contribution in [2.24, 2.45) is 7.05 Å². The molecule has 0 aliphatic carbocycles. The van der Waals surface area contributed by atoms with Crippen LogP contribution in [-0.2, 0) is 18.3 Å². The van der Waals surface area contributed by atoms with E-state index in [-0.39, 0.29) is 11.6 Å². The van der Waals surface area contributed by atoms with Crippen LogP contribution in [0.3, 0.4) is 0 Å². The number of benzene rings is 2. The minimum absolute atomic E-state index is 0.262. The standard InChI is InChI=1S/C28H39N3O3/c1-7-21(2)31(18-23(32)20-33-28(3,4)5)19-25-26(22-14-10-8-11-15-22)29-30(6)27(25)34-24-16-12-9-13-17-24/h8-17,21,23,32H,7,18-20H2,1-6H3/t21-,23+/m1/s1. The summed E-state index contributed by atoms with van der Waals surface area (Å²) in [6.45, 7) is 11.7. The molecule has 2 aromatic carbocycles. The second-order valence-electron chi connectivity index (χ2n) is 9.80. The molecule has 0 bridgehead atoms. The first-order valence-corrected chi connectivity index (χ1v) is 12.1. The monoisotopic (exact) mass is 465 g/mol. The molecule has 3 rings (SSSR count). The molecule has 0 amide bonds. The number of aryl methyl sites for hydroxylation is 1. The van der Waals surface area contributed by atoms with Crippen LogP contribution in [0.4, 0.5) is 0 Å². The molecule has 0 saturated heterocycles. The molecule has 0 aliphatic rings. The van der Waals surface area contributed by atoms with Crippen molar-refractivity contribution in [3.05, 3.63) is 66.2 Å². The zero-order chi connectivity index (χ0) is 24.7. The largest absolute Gasteiger partial charge is 0.439 e. The first-order chi connectivity index (χ1) is 16.2. The number of aromatic nitrogens is 2. The van der Waals surface area contributed by atoms with Crippen LogP contribution < -0.4 is 4.74 Å². The molecule has 34 heavy (non-hydrogen) atoms. The summed E-state index contributed by atoms with van der Waals surface area (Å²) in [5, 5.41) is 15.6. The summed E-state index contributed by atoms with van der Waals surface area (Å²) in [5.41, 5.74) is 2.64. The predicted octanol–water partition coefficient (Wildman–Crippen LogP) is 5.66. The number of hydrogen-bond donors (Lipinski definition) is 1. The van der Waals surface area contributed by atoms with Gasteiger partial charge in [-0.1, -0.05) is 55.5 Å². The van der Waals surface area contributed by atoms with E-state index < -0.39 is 6.10 Å². The SMILES string of the molecule is CC[C@@H](C)N(Cc1c(-c2ccccc2)nn(C)c1Oc1ccccc1)C[C@H](O)COC(C)(C)C. The van der Waals surface area contributed by atoms with Crippen LogP contribution in [0.2, 0.25) is 0 Å². The molecule has 6 nitrogen and oxygen atoms in total. The third kappa shape index (κ3) is 7.16. The van der Waals surface area contributed by atoms with E-state index in [0.29, 0.717) is 25.6 Å². The van der Waals surface area contributed by atoms with E-state index in [1.54, 1.807) is 4.68 Å². The van der Waals surface area contributed by atoms with Crippen LogP contribution in [0.5, 0.6) is 11.6 Å². The van der Waals surface area contributed by atoms with Crippen molar-refractivity contribution in [1.29, 1.82) is 0 Å². The average molecular weight is 466 g/mol. The van der Waals surface area contributed by atoms with E-state index in [1.807, 2.05) is 76.3 Å². The van der Waals surface area contributed by atoms with Gasteiger partial charge in [0.05, 0.1) is 23.9 Å². The Balaban J connectivity index is 1.95. The topological polar surface area (TPSA) is 59.8 Å². The van der Waals surface area contributed by atoms with E-state index in [4.69, 9.17) is 14.6 Å². The van der Waals surface area contributed by atoms with E-state index in [0.717, 1.165) is 29.0 Å². The fraction of sp³-hybridized carbons (Fsp3) is 0.464. The Bertz CT molecular complexity index is 1010. The maximum Gasteiger partial charge on any atom is 0.222 e. The lowest BCUT2D eigenvalue weighted by atomic mass is 10.1. The third-order valence-electron chi connectivity index (χ3n) is 5.82. The molecule has 0 fully saturated rings. The van der Waals surface area contributed by atoms with Gasteiger partial charge >= 0.3 is 0 Å². The van der Waals surface area contributed by atoms with Crippen LogP contribution in [0, 0.1) is 0 Å². The molecule has 6 heteroatoms. The maximum atomic E-state index is 10.8. The minimum atomic E-state index is -0.594. The molecule has 2 atom stereocenters. The first kappa shape index (κ1) is 25.9. The van der Waals surface area contributed by atoms with Gasteiger partial charge in [0.15, 0.2) is 0 Å². The molecule has 0 spiro atoms. The number of para-hydroxylation sites is 1. The normalized spacial score (nSPS) is 13.8. The summed E-state index contributed by atoms with van der Waals surface area (Å²) < 4.78 is 14.0. The lowest BCUT2D eigenvalue weighted by molar-refractivity contribution is -0.0593. The fourth-order valence-electron chi connectivity index (χ4n) is 3.78. The summed E-state index contributed by atoms with van der Waals surface area (Å²) in [5.74, 6) is 1.47. The Labute approximate surface area is 204 Å². The number of rotatable bonds is 11. The molecule has 0 radical (unpaired) electrons. The number of nitrogens with zero attached hydrogens (tertiary/aromatic N) is 3. The van der Waals surface area contributed by atoms with Gasteiger partial charge in [-0.05, 0) is 46.2 Å². The van der Waals surface area contributed by atoms with Crippen LogP contribution in [0.25, 0.3) is 11.3 Å². The minimum Gasteiger partial charge on any atom is -0.439 e. The van der Waals surface area contributed by atoms with Crippen LogP contribution in [-0.4, -0.2) is 50.7 Å². The maximum absolute atomic E-state index is 10.8. The van der Waals surface area contributed by atoms with Crippen LogP contribution in [0.1, 0.15) is 46.6 Å². The van der Waals surface area contributed by atoms with Crippen molar-refractivity contribution in [3.63, 3.8) is 0 Å². The van der Waals surface area contributed by atoms with Gasteiger partial charge in [0.2, 0.25) is 5.88 Å². The molecule has 1 N–H and O–H groups in total. The lowest BCUT2D eigenvalue weighted by Gasteiger charge is -2.31. The Kier molecular flexibility index (Phi) is 8.89. The van der Waals surface area contributed by atoms with Crippen molar-refractivity contribution < 1.29 is 14.6 Å². The van der Waals surface area contributed by atoms with Crippen molar-refractivity contribution in [1.82, 2.24) is 14.7 Å². The number of aliphatic hydroxyl groups excluding tert-OH is 1. The van der Waals surface area contributed by atoms with E-state index in [2.05, 4.69) is 30.9 Å². The number of hydrogen-bond acceptors (Lipinski definition) is 5. The van der Waals surface area contributed by atoms with Gasteiger partial charge in [-0.3, -0.25) is 4.90 Å². The molecule has 0 saturated carbocycles. The van der Waals surface area contributed by atoms with Crippen molar-refractivity contribution in [2.75, 3.05) is 13.2 Å². The summed E-state index contributed by atoms with van der Waals surface area (Å²) in [6, 6.07) is 20.2. The highest BCUT2D eigenvalue weighted by atomic mass is 16.5. The smallest absolute Gasteiger partial charge is 0.222 e. The predicted molar refractivity (Wildman–Crippen MR) is 137 cm³/mol. The van der Waals surface area contributed by atoms with E-state index >= 15 is 0 Å². The lowest BCUT2D eigenvalue weighted by Crippen LogP contribution is -2.41. The summed E-state index contributed by atoms with van der Waals surface area (Å²) in [4.78, 5) is 2.29. The Morgan fingerprint density at radius 1 is 1.03 bits per heavy atom. The summed E-state index contributed by atoms with van der Waals surface area (Å²) >= 11 is 0. The summed E-state index contributed by atoms with van der Waals surface area (Å²) in [7, 11) is 1.91. The van der Waals surface area contributed by atoms with E-state index in [1.165, 1.54) is 0 Å². The van der Waals surface area contributed by atoms with Crippen molar-refractivity contribution >= 4 is 0 Å². The van der Waals surface area contributed by atoms with Gasteiger partial charge in [-0.25, -0.2) is 4.68 Å². The molecular weight excluding hydrogens is 426 g/mol. The highest BCUT2D eigenvalue weighted by Gasteiger charge is 2.26. The van der Waals surface area contributed by atoms with Gasteiger partial charge in [-0.2, -0.15) is 5.10 Å². The first-order valence-electron chi connectivity index (χ1n) is 12.1. The van der Waals surface area contributed by atoms with Crippen molar-refractivity contribution in [3.8, 4) is 22.9 Å². The second-order valence-corrected chi connectivity index (χ2v) is 9.80. The average Bonchev–Trinajstić information content (AvgIpc) is 3.12. The zero-order valence-electron chi connectivity index (χ0n) is 21.4. The fourth-order valence-corrected chi connectivity index (χ4v) is 3.78. The molecule has 1 aromatic heterocycles. The number of aliphatic hydroxyl groups is 1. The van der Waals surface area contributed by atoms with Crippen LogP contribution >= 0.6 is 0 Å². The Morgan fingerprint density at radius 3 is 2.24 bits per heavy atom. The molecule has 0 aliphatic heterocycles. The van der Waals surface area contributed by atoms with Gasteiger partial charge in [0.1, 0.15) is 11.4 Å². The Hall–Kier alpha value is -2.67. The second kappa shape index (κ2) is 11.6. The molecule has 1 heterocycles. The summed E-state index contributed by atoms with van der Waals surface area (Å²) in [6.07, 6.45) is 0.367. The zero-order valence-corrected chi connectivity index (χ0v) is 21.4. The highest BCUT2D eigenvalue weighted by molar-refractivity contribution is 5.65. The van der Waals surface area contributed by atoms with Gasteiger partial charge < -0.3 is 14.6 Å². The third-order valence-corrected chi connectivity index (χ3v) is 5.82. The molecular formula is C28H39N3O3. The number of ether oxygens (including phenoxy) is 2. The van der Waals surface area contributed by atoms with Gasteiger partial charge in [0.25, 0.3) is 0 Å². The quantitative estimate of drug-likeness (QED) is 0.396. The molecule has 184 valence electrons. The van der Waals surface area contributed by atoms with Crippen LogP contribution in [0.15, 0.2) is 60.7 Å². The molecule has 3 aromatic rings. The van der Waals surface area contributed by atoms with Gasteiger partial charge in [-0.15, -0.1) is 0 Å². The van der Waals surface area contributed by atoms with Crippen molar-refractivity contribution in [2.45, 2.75) is 65.3 Å². The van der Waals surface area contributed by atoms with E-state index in [9.17, 15) is 5.11 Å². The van der Waals surface area contributed by atoms with Gasteiger partial charge in [0, 0.05) is 31.7 Å².